The predicted molar refractivity (Wildman–Crippen MR) is 71.6 cm³/mol. The first-order chi connectivity index (χ1) is 10.4. The number of nitrogens with one attached hydrogen (secondary N) is 1. The molecule has 0 aromatic carbocycles. The third-order valence-electron chi connectivity index (χ3n) is 3.67. The highest BCUT2D eigenvalue weighted by molar-refractivity contribution is 5.70. The standard InChI is InChI=1S/C13H14FN3O5/c1-4-11(14)16-6-2-5(13(21)17-12(6)15-4)10-9(20)8(19)7(3-18)22-10/h2,7-10,18-20H,3H2,1H3,(H,15,17,21). The van der Waals surface area contributed by atoms with E-state index >= 15 is 0 Å². The molecule has 118 valence electrons. The average molecular weight is 311 g/mol. The molecule has 1 fully saturated rings. The van der Waals surface area contributed by atoms with Crippen molar-refractivity contribution in [2.75, 3.05) is 6.61 Å². The van der Waals surface area contributed by atoms with Gasteiger partial charge in [-0.3, -0.25) is 4.79 Å². The Morgan fingerprint density at radius 2 is 2.09 bits per heavy atom. The van der Waals surface area contributed by atoms with Crippen molar-refractivity contribution in [2.45, 2.75) is 31.3 Å². The third kappa shape index (κ3) is 2.28. The van der Waals surface area contributed by atoms with Gasteiger partial charge in [-0.15, -0.1) is 0 Å². The first kappa shape index (κ1) is 15.0. The van der Waals surface area contributed by atoms with Gasteiger partial charge in [0.25, 0.3) is 5.56 Å². The number of aryl methyl sites for hydroxylation is 1. The quantitative estimate of drug-likeness (QED) is 0.555. The van der Waals surface area contributed by atoms with E-state index in [0.717, 1.165) is 0 Å². The summed E-state index contributed by atoms with van der Waals surface area (Å²) in [4.78, 5) is 22.1. The Labute approximate surface area is 123 Å². The highest BCUT2D eigenvalue weighted by Gasteiger charge is 2.44. The molecule has 0 aliphatic carbocycles. The van der Waals surface area contributed by atoms with Gasteiger partial charge in [0, 0.05) is 0 Å². The van der Waals surface area contributed by atoms with Gasteiger partial charge in [0.2, 0.25) is 5.95 Å². The van der Waals surface area contributed by atoms with E-state index in [1.165, 1.54) is 13.0 Å². The van der Waals surface area contributed by atoms with Crippen LogP contribution in [-0.4, -0.2) is 55.2 Å². The Balaban J connectivity index is 2.10. The molecule has 1 aliphatic rings. The molecule has 22 heavy (non-hydrogen) atoms. The number of fused-ring (bicyclic) bond motifs is 1. The van der Waals surface area contributed by atoms with Crippen molar-refractivity contribution >= 4 is 11.2 Å². The van der Waals surface area contributed by atoms with E-state index in [-0.39, 0.29) is 22.4 Å². The van der Waals surface area contributed by atoms with E-state index in [1.54, 1.807) is 0 Å². The number of aliphatic hydroxyl groups excluding tert-OH is 3. The molecule has 8 nitrogen and oxygen atoms in total. The minimum Gasteiger partial charge on any atom is -0.394 e. The number of pyridine rings is 1. The van der Waals surface area contributed by atoms with Crippen LogP contribution in [0, 0.1) is 12.9 Å². The number of hydrogen-bond acceptors (Lipinski definition) is 7. The molecule has 3 rings (SSSR count). The van der Waals surface area contributed by atoms with Gasteiger partial charge in [-0.05, 0) is 13.0 Å². The fraction of sp³-hybridized carbons (Fsp3) is 0.462. The fourth-order valence-electron chi connectivity index (χ4n) is 2.46. The summed E-state index contributed by atoms with van der Waals surface area (Å²) in [7, 11) is 0. The van der Waals surface area contributed by atoms with E-state index < -0.39 is 42.5 Å². The SMILES string of the molecule is Cc1nc2[nH]c(=O)c(C3OC(CO)C(O)C3O)cc2nc1F. The summed E-state index contributed by atoms with van der Waals surface area (Å²) < 4.78 is 18.8. The molecule has 4 atom stereocenters. The number of hydrogen-bond donors (Lipinski definition) is 4. The van der Waals surface area contributed by atoms with Crippen LogP contribution >= 0.6 is 0 Å². The van der Waals surface area contributed by atoms with Crippen molar-refractivity contribution in [1.29, 1.82) is 0 Å². The molecular formula is C13H14FN3O5. The van der Waals surface area contributed by atoms with Crippen LogP contribution in [0.2, 0.25) is 0 Å². The van der Waals surface area contributed by atoms with Crippen molar-refractivity contribution in [3.8, 4) is 0 Å². The lowest BCUT2D eigenvalue weighted by atomic mass is 10.0. The Morgan fingerprint density at radius 3 is 2.73 bits per heavy atom. The van der Waals surface area contributed by atoms with Gasteiger partial charge >= 0.3 is 0 Å². The predicted octanol–water partition coefficient (Wildman–Crippen LogP) is -1.08. The van der Waals surface area contributed by atoms with Crippen LogP contribution in [0.1, 0.15) is 17.4 Å². The highest BCUT2D eigenvalue weighted by Crippen LogP contribution is 2.32. The van der Waals surface area contributed by atoms with Crippen LogP contribution in [0.3, 0.4) is 0 Å². The average Bonchev–Trinajstić information content (AvgIpc) is 2.76. The number of aromatic amines is 1. The minimum absolute atomic E-state index is 0.0208. The lowest BCUT2D eigenvalue weighted by Crippen LogP contribution is -2.33. The normalized spacial score (nSPS) is 28.4. The molecule has 1 saturated heterocycles. The molecule has 0 radical (unpaired) electrons. The van der Waals surface area contributed by atoms with Gasteiger partial charge in [-0.2, -0.15) is 4.39 Å². The van der Waals surface area contributed by atoms with Gasteiger partial charge < -0.3 is 25.0 Å². The summed E-state index contributed by atoms with van der Waals surface area (Å²) in [5, 5.41) is 28.8. The van der Waals surface area contributed by atoms with Crippen LogP contribution in [0.4, 0.5) is 4.39 Å². The number of aromatic nitrogens is 3. The zero-order chi connectivity index (χ0) is 16.0. The Bertz CT molecular complexity index is 780. The molecule has 2 aromatic heterocycles. The maximum atomic E-state index is 13.5. The Kier molecular flexibility index (Phi) is 3.65. The van der Waals surface area contributed by atoms with Gasteiger partial charge in [0.15, 0.2) is 5.65 Å². The number of nitrogens with zero attached hydrogens (tertiary/aromatic N) is 2. The molecule has 0 amide bonds. The van der Waals surface area contributed by atoms with E-state index in [0.29, 0.717) is 0 Å². The largest absolute Gasteiger partial charge is 0.394 e. The molecule has 1 aliphatic heterocycles. The summed E-state index contributed by atoms with van der Waals surface area (Å²) in [6, 6.07) is 1.25. The van der Waals surface area contributed by atoms with Crippen LogP contribution in [0.5, 0.6) is 0 Å². The summed E-state index contributed by atoms with van der Waals surface area (Å²) in [5.74, 6) is -0.772. The number of H-pyrrole nitrogens is 1. The van der Waals surface area contributed by atoms with E-state index in [2.05, 4.69) is 15.0 Å². The zero-order valence-corrected chi connectivity index (χ0v) is 11.5. The van der Waals surface area contributed by atoms with Gasteiger partial charge in [0.1, 0.15) is 29.9 Å². The molecule has 2 aromatic rings. The maximum Gasteiger partial charge on any atom is 0.255 e. The van der Waals surface area contributed by atoms with Crippen molar-refractivity contribution in [3.05, 3.63) is 33.6 Å². The van der Waals surface area contributed by atoms with Gasteiger partial charge in [0.05, 0.1) is 17.9 Å². The summed E-state index contributed by atoms with van der Waals surface area (Å²) in [6.07, 6.45) is -4.87. The molecule has 4 N–H and O–H groups in total. The smallest absolute Gasteiger partial charge is 0.255 e. The minimum atomic E-state index is -1.39. The molecule has 9 heteroatoms. The van der Waals surface area contributed by atoms with Crippen LogP contribution in [-0.2, 0) is 4.74 Å². The lowest BCUT2D eigenvalue weighted by Gasteiger charge is -2.14. The van der Waals surface area contributed by atoms with E-state index in [9.17, 15) is 19.4 Å². The summed E-state index contributed by atoms with van der Waals surface area (Å²) in [5.41, 5.74) is -0.367. The Morgan fingerprint density at radius 1 is 1.36 bits per heavy atom. The molecule has 0 spiro atoms. The fourth-order valence-corrected chi connectivity index (χ4v) is 2.46. The maximum absolute atomic E-state index is 13.5. The van der Waals surface area contributed by atoms with E-state index in [4.69, 9.17) is 9.84 Å². The number of aliphatic hydroxyl groups is 3. The Hall–Kier alpha value is -1.94. The van der Waals surface area contributed by atoms with Crippen molar-refractivity contribution < 1.29 is 24.4 Å². The highest BCUT2D eigenvalue weighted by atomic mass is 19.1. The second-order valence-electron chi connectivity index (χ2n) is 5.15. The van der Waals surface area contributed by atoms with Gasteiger partial charge in [-0.25, -0.2) is 9.97 Å². The second-order valence-corrected chi connectivity index (χ2v) is 5.15. The molecule has 0 bridgehead atoms. The first-order valence-electron chi connectivity index (χ1n) is 6.62. The molecular weight excluding hydrogens is 297 g/mol. The third-order valence-corrected chi connectivity index (χ3v) is 3.67. The van der Waals surface area contributed by atoms with Crippen LogP contribution in [0.15, 0.2) is 10.9 Å². The van der Waals surface area contributed by atoms with Crippen molar-refractivity contribution in [2.24, 2.45) is 0 Å². The second kappa shape index (κ2) is 5.36. The zero-order valence-electron chi connectivity index (χ0n) is 11.5. The molecule has 3 heterocycles. The summed E-state index contributed by atoms with van der Waals surface area (Å²) >= 11 is 0. The van der Waals surface area contributed by atoms with Crippen molar-refractivity contribution in [3.63, 3.8) is 0 Å². The van der Waals surface area contributed by atoms with Crippen LogP contribution in [0.25, 0.3) is 11.2 Å². The first-order valence-corrected chi connectivity index (χ1v) is 6.62. The number of ether oxygens (including phenoxy) is 1. The molecule has 4 unspecified atom stereocenters. The summed E-state index contributed by atoms with van der Waals surface area (Å²) in [6.45, 7) is 0.911. The van der Waals surface area contributed by atoms with Crippen LogP contribution < -0.4 is 5.56 Å². The van der Waals surface area contributed by atoms with E-state index in [1.807, 2.05) is 0 Å². The molecule has 0 saturated carbocycles. The van der Waals surface area contributed by atoms with Crippen molar-refractivity contribution in [1.82, 2.24) is 15.0 Å². The lowest BCUT2D eigenvalue weighted by molar-refractivity contribution is -0.0231. The van der Waals surface area contributed by atoms with Gasteiger partial charge in [-0.1, -0.05) is 0 Å². The number of halogens is 1. The topological polar surface area (TPSA) is 129 Å². The monoisotopic (exact) mass is 311 g/mol. The number of rotatable bonds is 2.